The van der Waals surface area contributed by atoms with E-state index < -0.39 is 10.2 Å². The number of rotatable bonds is 16. The van der Waals surface area contributed by atoms with Crippen molar-refractivity contribution in [3.8, 4) is 0 Å². The van der Waals surface area contributed by atoms with Gasteiger partial charge in [-0.05, 0) is 42.9 Å². The molecule has 0 saturated heterocycles. The molecule has 0 aliphatic heterocycles. The van der Waals surface area contributed by atoms with Crippen molar-refractivity contribution in [1.82, 2.24) is 0 Å². The summed E-state index contributed by atoms with van der Waals surface area (Å²) < 4.78 is 25.6. The molecule has 0 aliphatic rings. The number of hydrogen-bond acceptors (Lipinski definition) is 2. The van der Waals surface area contributed by atoms with E-state index in [2.05, 4.69) is 24.6 Å². The number of anilines is 1. The van der Waals surface area contributed by atoms with E-state index in [0.717, 1.165) is 31.2 Å². The standard InChI is InChI=1S/C22H40N2O2S.Ni/c1-3-5-7-9-11-13-16-20-17-15-19-22(24-27(23,25)26)21(20)18-14-12-10-8-6-4-2;/h15,17,19,24H,3-14,16,18H2,1-2H3,(H2,23,25,26);. The van der Waals surface area contributed by atoms with Crippen molar-refractivity contribution >= 4 is 15.9 Å². The Morgan fingerprint density at radius 2 is 1.29 bits per heavy atom. The zero-order valence-corrected chi connectivity index (χ0v) is 19.6. The van der Waals surface area contributed by atoms with Crippen LogP contribution in [0.4, 0.5) is 5.69 Å². The quantitative estimate of drug-likeness (QED) is 0.233. The van der Waals surface area contributed by atoms with Gasteiger partial charge in [0.25, 0.3) is 10.2 Å². The molecule has 0 heterocycles. The summed E-state index contributed by atoms with van der Waals surface area (Å²) in [6.07, 6.45) is 16.9. The predicted octanol–water partition coefficient (Wildman–Crippen LogP) is 6.11. The van der Waals surface area contributed by atoms with Crippen molar-refractivity contribution in [1.29, 1.82) is 0 Å². The Hall–Kier alpha value is -0.576. The molecule has 6 heteroatoms. The van der Waals surface area contributed by atoms with Crippen LogP contribution in [-0.2, 0) is 39.5 Å². The van der Waals surface area contributed by atoms with Gasteiger partial charge >= 0.3 is 0 Å². The van der Waals surface area contributed by atoms with E-state index in [1.165, 1.54) is 69.8 Å². The summed E-state index contributed by atoms with van der Waals surface area (Å²) >= 11 is 0. The van der Waals surface area contributed by atoms with Gasteiger partial charge in [0.15, 0.2) is 0 Å². The number of nitrogens with one attached hydrogen (secondary N) is 1. The molecular weight excluding hydrogens is 415 g/mol. The molecule has 0 aromatic heterocycles. The molecule has 0 fully saturated rings. The van der Waals surface area contributed by atoms with E-state index >= 15 is 0 Å². The molecule has 0 aliphatic carbocycles. The second-order valence-electron chi connectivity index (χ2n) is 7.63. The van der Waals surface area contributed by atoms with Gasteiger partial charge in [0, 0.05) is 16.5 Å². The molecular formula is C22H40N2NiO2S. The van der Waals surface area contributed by atoms with Gasteiger partial charge in [0.1, 0.15) is 0 Å². The maximum atomic E-state index is 11.5. The van der Waals surface area contributed by atoms with Gasteiger partial charge in [-0.15, -0.1) is 0 Å². The molecule has 1 rings (SSSR count). The predicted molar refractivity (Wildman–Crippen MR) is 117 cm³/mol. The fourth-order valence-electron chi connectivity index (χ4n) is 3.59. The molecule has 0 unspecified atom stereocenters. The van der Waals surface area contributed by atoms with Crippen LogP contribution < -0.4 is 9.86 Å². The first kappa shape index (κ1) is 27.4. The number of benzene rings is 1. The molecule has 0 bridgehead atoms. The van der Waals surface area contributed by atoms with Crippen LogP contribution in [0.25, 0.3) is 0 Å². The summed E-state index contributed by atoms with van der Waals surface area (Å²) in [5.74, 6) is 0. The normalized spacial score (nSPS) is 11.2. The van der Waals surface area contributed by atoms with E-state index in [9.17, 15) is 8.42 Å². The average molecular weight is 455 g/mol. The molecule has 3 N–H and O–H groups in total. The topological polar surface area (TPSA) is 72.2 Å². The van der Waals surface area contributed by atoms with E-state index in [1.807, 2.05) is 12.1 Å². The monoisotopic (exact) mass is 454 g/mol. The van der Waals surface area contributed by atoms with Crippen molar-refractivity contribution < 1.29 is 24.9 Å². The first-order chi connectivity index (χ1) is 13.0. The van der Waals surface area contributed by atoms with Gasteiger partial charge in [0.05, 0.1) is 5.69 Å². The summed E-state index contributed by atoms with van der Waals surface area (Å²) in [5.41, 5.74) is 3.07. The summed E-state index contributed by atoms with van der Waals surface area (Å²) in [5, 5.41) is 5.23. The first-order valence-corrected chi connectivity index (χ1v) is 12.4. The molecule has 0 amide bonds. The smallest absolute Gasteiger partial charge is 0.271 e. The fraction of sp³-hybridized carbons (Fsp3) is 0.727. The van der Waals surface area contributed by atoms with Gasteiger partial charge in [0.2, 0.25) is 0 Å². The van der Waals surface area contributed by atoms with Crippen molar-refractivity contribution in [3.63, 3.8) is 0 Å². The van der Waals surface area contributed by atoms with Crippen molar-refractivity contribution in [2.45, 2.75) is 104 Å². The van der Waals surface area contributed by atoms with Crippen LogP contribution in [0.3, 0.4) is 0 Å². The van der Waals surface area contributed by atoms with Crippen LogP contribution in [0, 0.1) is 0 Å². The minimum atomic E-state index is -3.74. The van der Waals surface area contributed by atoms with Gasteiger partial charge in [-0.3, -0.25) is 4.72 Å². The maximum Gasteiger partial charge on any atom is 0.296 e. The Kier molecular flexibility index (Phi) is 15.9. The van der Waals surface area contributed by atoms with Gasteiger partial charge in [-0.1, -0.05) is 90.2 Å². The number of nitrogens with two attached hydrogens (primary N) is 1. The van der Waals surface area contributed by atoms with Gasteiger partial charge < -0.3 is 0 Å². The Morgan fingerprint density at radius 1 is 0.786 bits per heavy atom. The Bertz CT molecular complexity index is 621. The van der Waals surface area contributed by atoms with E-state index in [4.69, 9.17) is 5.14 Å². The summed E-state index contributed by atoms with van der Waals surface area (Å²) in [4.78, 5) is 0. The second kappa shape index (κ2) is 16.2. The number of unbranched alkanes of at least 4 members (excludes halogenated alkanes) is 10. The third-order valence-corrected chi connectivity index (χ3v) is 5.61. The zero-order chi connectivity index (χ0) is 20.0. The van der Waals surface area contributed by atoms with Crippen molar-refractivity contribution in [3.05, 3.63) is 29.3 Å². The molecule has 0 radical (unpaired) electrons. The molecule has 0 spiro atoms. The molecule has 166 valence electrons. The van der Waals surface area contributed by atoms with Gasteiger partial charge in [-0.2, -0.15) is 8.42 Å². The van der Waals surface area contributed by atoms with Crippen molar-refractivity contribution in [2.24, 2.45) is 5.14 Å². The third kappa shape index (κ3) is 12.8. The summed E-state index contributed by atoms with van der Waals surface area (Å²) in [7, 11) is -3.74. The van der Waals surface area contributed by atoms with Crippen LogP contribution in [-0.4, -0.2) is 8.42 Å². The molecule has 0 saturated carbocycles. The summed E-state index contributed by atoms with van der Waals surface area (Å²) in [6, 6.07) is 5.92. The van der Waals surface area contributed by atoms with Crippen LogP contribution in [0.2, 0.25) is 0 Å². The zero-order valence-electron chi connectivity index (χ0n) is 17.7. The number of aryl methyl sites for hydroxylation is 1. The van der Waals surface area contributed by atoms with E-state index in [1.54, 1.807) is 0 Å². The van der Waals surface area contributed by atoms with E-state index in [0.29, 0.717) is 5.69 Å². The maximum absolute atomic E-state index is 11.5. The largest absolute Gasteiger partial charge is 0.296 e. The van der Waals surface area contributed by atoms with Crippen LogP contribution in [0.1, 0.15) is 102 Å². The van der Waals surface area contributed by atoms with Crippen molar-refractivity contribution in [2.75, 3.05) is 4.72 Å². The third-order valence-electron chi connectivity index (χ3n) is 5.11. The van der Waals surface area contributed by atoms with Crippen LogP contribution in [0.15, 0.2) is 18.2 Å². The molecule has 1 aromatic rings. The van der Waals surface area contributed by atoms with E-state index in [-0.39, 0.29) is 16.5 Å². The van der Waals surface area contributed by atoms with Gasteiger partial charge in [-0.25, -0.2) is 5.14 Å². The fourth-order valence-corrected chi connectivity index (χ4v) is 4.09. The first-order valence-electron chi connectivity index (χ1n) is 10.9. The number of hydrogen-bond donors (Lipinski definition) is 2. The SMILES string of the molecule is CCCCCCCCc1cccc(NS(N)(=O)=O)c1CCCCCCCC.[Ni]. The van der Waals surface area contributed by atoms with Crippen LogP contribution >= 0.6 is 0 Å². The minimum Gasteiger partial charge on any atom is -0.271 e. The molecule has 28 heavy (non-hydrogen) atoms. The minimum absolute atomic E-state index is 0. The van der Waals surface area contributed by atoms with Crippen LogP contribution in [0.5, 0.6) is 0 Å². The Balaban J connectivity index is 0.00000729. The second-order valence-corrected chi connectivity index (χ2v) is 8.92. The average Bonchev–Trinajstić information content (AvgIpc) is 2.61. The Morgan fingerprint density at radius 3 is 1.82 bits per heavy atom. The Labute approximate surface area is 183 Å². The molecule has 0 atom stereocenters. The molecule has 1 aromatic carbocycles. The molecule has 4 nitrogen and oxygen atoms in total. The summed E-state index contributed by atoms with van der Waals surface area (Å²) in [6.45, 7) is 4.46.